The Labute approximate surface area is 204 Å². The molecule has 0 spiro atoms. The van der Waals surface area contributed by atoms with Gasteiger partial charge in [0.1, 0.15) is 17.6 Å². The maximum atomic E-state index is 13.5. The highest BCUT2D eigenvalue weighted by Gasteiger charge is 2.63. The molecule has 4 aliphatic carbocycles. The lowest BCUT2D eigenvalue weighted by atomic mass is 9.44. The fourth-order valence-electron chi connectivity index (χ4n) is 9.31. The zero-order valence-corrected chi connectivity index (χ0v) is 21.5. The third kappa shape index (κ3) is 3.60. The van der Waals surface area contributed by atoms with Crippen molar-refractivity contribution in [3.8, 4) is 5.75 Å². The first-order valence-electron chi connectivity index (χ1n) is 13.4. The number of hydrogen-bond acceptors (Lipinski definition) is 5. The van der Waals surface area contributed by atoms with E-state index >= 15 is 0 Å². The van der Waals surface area contributed by atoms with Crippen LogP contribution in [0.1, 0.15) is 96.2 Å². The van der Waals surface area contributed by atoms with Gasteiger partial charge in [0.15, 0.2) is 0 Å². The number of pyridine rings is 1. The van der Waals surface area contributed by atoms with Gasteiger partial charge in [0.05, 0.1) is 5.69 Å². The maximum absolute atomic E-state index is 13.5. The molecule has 1 aromatic rings. The summed E-state index contributed by atoms with van der Waals surface area (Å²) < 4.78 is 5.54. The summed E-state index contributed by atoms with van der Waals surface area (Å²) in [5, 5.41) is 10.6. The topological polar surface area (TPSA) is 76.5 Å². The standard InChI is InChI=1S/C29H41NO4/c1-16-12-26(33)27(30-15-16)17(2)21-6-7-22-20-14-25(32)24-13-19(34-18(3)31)8-10-29(24,5)23(20)9-11-28(21,22)4/h12,15,17,19-24,33H,6-11,13-14H2,1-5H3/t17-,19+,20-,21-,22+,23-,24+,28+,29-/m1/s1. The minimum absolute atomic E-state index is 0.0263. The van der Waals surface area contributed by atoms with Crippen molar-refractivity contribution < 1.29 is 19.4 Å². The number of esters is 1. The Balaban J connectivity index is 1.39. The molecule has 1 aromatic heterocycles. The Kier molecular flexibility index (Phi) is 5.84. The largest absolute Gasteiger partial charge is 0.506 e. The normalized spacial score (nSPS) is 42.3. The van der Waals surface area contributed by atoms with Crippen LogP contribution in [0.3, 0.4) is 0 Å². The van der Waals surface area contributed by atoms with E-state index in [1.165, 1.54) is 26.2 Å². The molecule has 186 valence electrons. The summed E-state index contributed by atoms with van der Waals surface area (Å²) in [4.78, 5) is 29.7. The van der Waals surface area contributed by atoms with E-state index in [0.29, 0.717) is 48.0 Å². The van der Waals surface area contributed by atoms with Gasteiger partial charge < -0.3 is 9.84 Å². The summed E-state index contributed by atoms with van der Waals surface area (Å²) in [6.45, 7) is 10.5. The Hall–Kier alpha value is -1.91. The number of fused-ring (bicyclic) bond motifs is 5. The maximum Gasteiger partial charge on any atom is 0.302 e. The van der Waals surface area contributed by atoms with Gasteiger partial charge >= 0.3 is 5.97 Å². The average molecular weight is 468 g/mol. The van der Waals surface area contributed by atoms with Gasteiger partial charge in [0, 0.05) is 31.4 Å². The third-order valence-electron chi connectivity index (χ3n) is 10.9. The van der Waals surface area contributed by atoms with Crippen molar-refractivity contribution in [2.45, 2.75) is 98.0 Å². The van der Waals surface area contributed by atoms with Crippen LogP contribution in [0.15, 0.2) is 12.3 Å². The Morgan fingerprint density at radius 3 is 2.56 bits per heavy atom. The second-order valence-electron chi connectivity index (χ2n) is 12.5. The van der Waals surface area contributed by atoms with Crippen molar-refractivity contribution in [2.75, 3.05) is 0 Å². The van der Waals surface area contributed by atoms with Crippen molar-refractivity contribution in [3.63, 3.8) is 0 Å². The van der Waals surface area contributed by atoms with Crippen LogP contribution in [0.4, 0.5) is 0 Å². The number of nitrogens with zero attached hydrogens (tertiary/aromatic N) is 1. The number of ketones is 1. The summed E-state index contributed by atoms with van der Waals surface area (Å²) >= 11 is 0. The number of rotatable bonds is 3. The first kappa shape index (κ1) is 23.8. The molecule has 34 heavy (non-hydrogen) atoms. The molecule has 4 aliphatic rings. The van der Waals surface area contributed by atoms with Gasteiger partial charge in [-0.15, -0.1) is 0 Å². The summed E-state index contributed by atoms with van der Waals surface area (Å²) in [5.74, 6) is 2.78. The number of aromatic nitrogens is 1. The molecule has 9 atom stereocenters. The minimum Gasteiger partial charge on any atom is -0.506 e. The number of Topliss-reactive ketones (excluding diaryl/α,β-unsaturated/α-hetero) is 1. The molecule has 0 aliphatic heterocycles. The van der Waals surface area contributed by atoms with Crippen LogP contribution in [-0.2, 0) is 14.3 Å². The van der Waals surface area contributed by atoms with Gasteiger partial charge in [-0.25, -0.2) is 0 Å². The molecule has 0 bridgehead atoms. The summed E-state index contributed by atoms with van der Waals surface area (Å²) in [6, 6.07) is 1.83. The fourth-order valence-corrected chi connectivity index (χ4v) is 9.31. The summed E-state index contributed by atoms with van der Waals surface area (Å²) in [7, 11) is 0. The predicted molar refractivity (Wildman–Crippen MR) is 130 cm³/mol. The second kappa shape index (κ2) is 8.34. The number of ether oxygens (including phenoxy) is 1. The Morgan fingerprint density at radius 1 is 1.15 bits per heavy atom. The van der Waals surface area contributed by atoms with Crippen LogP contribution < -0.4 is 0 Å². The van der Waals surface area contributed by atoms with Gasteiger partial charge in [-0.2, -0.15) is 0 Å². The van der Waals surface area contributed by atoms with E-state index in [0.717, 1.165) is 30.5 Å². The Morgan fingerprint density at radius 2 is 1.85 bits per heavy atom. The second-order valence-corrected chi connectivity index (χ2v) is 12.5. The van der Waals surface area contributed by atoms with Crippen molar-refractivity contribution in [2.24, 2.45) is 40.4 Å². The fraction of sp³-hybridized carbons (Fsp3) is 0.759. The third-order valence-corrected chi connectivity index (χ3v) is 10.9. The smallest absolute Gasteiger partial charge is 0.302 e. The lowest BCUT2D eigenvalue weighted by Crippen LogP contribution is -2.57. The average Bonchev–Trinajstić information content (AvgIpc) is 3.11. The number of carbonyl (C=O) groups is 2. The van der Waals surface area contributed by atoms with Gasteiger partial charge in [-0.3, -0.25) is 14.6 Å². The van der Waals surface area contributed by atoms with E-state index in [4.69, 9.17) is 4.74 Å². The molecule has 4 fully saturated rings. The highest BCUT2D eigenvalue weighted by molar-refractivity contribution is 5.83. The number of aryl methyl sites for hydroxylation is 1. The predicted octanol–water partition coefficient (Wildman–Crippen LogP) is 5.97. The molecule has 0 radical (unpaired) electrons. The van der Waals surface area contributed by atoms with E-state index in [2.05, 4.69) is 25.8 Å². The van der Waals surface area contributed by atoms with Crippen molar-refractivity contribution >= 4 is 11.8 Å². The molecule has 1 N–H and O–H groups in total. The van der Waals surface area contributed by atoms with Crippen molar-refractivity contribution in [3.05, 3.63) is 23.5 Å². The zero-order valence-electron chi connectivity index (χ0n) is 21.5. The lowest BCUT2D eigenvalue weighted by molar-refractivity contribution is -0.169. The van der Waals surface area contributed by atoms with E-state index in [1.807, 2.05) is 19.2 Å². The van der Waals surface area contributed by atoms with E-state index in [9.17, 15) is 14.7 Å². The van der Waals surface area contributed by atoms with Crippen LogP contribution in [0, 0.1) is 47.3 Å². The highest BCUT2D eigenvalue weighted by atomic mass is 16.5. The number of hydrogen-bond donors (Lipinski definition) is 1. The first-order valence-corrected chi connectivity index (χ1v) is 13.4. The van der Waals surface area contributed by atoms with Crippen LogP contribution >= 0.6 is 0 Å². The van der Waals surface area contributed by atoms with Gasteiger partial charge in [0.2, 0.25) is 0 Å². The van der Waals surface area contributed by atoms with Crippen LogP contribution in [-0.4, -0.2) is 27.9 Å². The SMILES string of the molecule is CC(=O)O[C@H]1CC[C@]2(C)[C@@H]3CC[C@@]4(C)[C@@H]([C@@H](C)c5ncc(C)cc5O)CC[C@H]4[C@H]3CC(=O)[C@@H]2C1. The molecular formula is C29H41NO4. The lowest BCUT2D eigenvalue weighted by Gasteiger charge is -2.60. The molecule has 1 heterocycles. The van der Waals surface area contributed by atoms with E-state index < -0.39 is 0 Å². The first-order chi connectivity index (χ1) is 16.0. The molecule has 0 saturated heterocycles. The van der Waals surface area contributed by atoms with Gasteiger partial charge in [0.25, 0.3) is 0 Å². The molecule has 5 heteroatoms. The molecule has 4 saturated carbocycles. The molecule has 0 unspecified atom stereocenters. The van der Waals surface area contributed by atoms with Gasteiger partial charge in [-0.1, -0.05) is 20.8 Å². The van der Waals surface area contributed by atoms with E-state index in [-0.39, 0.29) is 34.7 Å². The summed E-state index contributed by atoms with van der Waals surface area (Å²) in [5.41, 5.74) is 2.02. The van der Waals surface area contributed by atoms with Crippen LogP contribution in [0.5, 0.6) is 5.75 Å². The quantitative estimate of drug-likeness (QED) is 0.554. The highest BCUT2D eigenvalue weighted by Crippen LogP contribution is 2.68. The number of carbonyl (C=O) groups excluding carboxylic acids is 2. The number of aromatic hydroxyl groups is 1. The minimum atomic E-state index is -0.233. The van der Waals surface area contributed by atoms with Gasteiger partial charge in [-0.05, 0) is 98.0 Å². The Bertz CT molecular complexity index is 990. The van der Waals surface area contributed by atoms with Crippen LogP contribution in [0.2, 0.25) is 0 Å². The molecule has 0 amide bonds. The monoisotopic (exact) mass is 467 g/mol. The van der Waals surface area contributed by atoms with Crippen molar-refractivity contribution in [1.29, 1.82) is 0 Å². The van der Waals surface area contributed by atoms with E-state index in [1.54, 1.807) is 0 Å². The molecule has 5 rings (SSSR count). The molecule has 0 aromatic carbocycles. The van der Waals surface area contributed by atoms with Crippen LogP contribution in [0.25, 0.3) is 0 Å². The van der Waals surface area contributed by atoms with Crippen molar-refractivity contribution in [1.82, 2.24) is 4.98 Å². The summed E-state index contributed by atoms with van der Waals surface area (Å²) in [6.07, 6.45) is 9.69. The molecule has 5 nitrogen and oxygen atoms in total. The zero-order chi connectivity index (χ0) is 24.4. The molecular weight excluding hydrogens is 426 g/mol.